The molecule has 6 heteroatoms. The highest BCUT2D eigenvalue weighted by Gasteiger charge is 2.18. The number of rotatable bonds is 6. The molecule has 0 saturated carbocycles. The van der Waals surface area contributed by atoms with E-state index >= 15 is 0 Å². The minimum absolute atomic E-state index is 0.122. The lowest BCUT2D eigenvalue weighted by atomic mass is 10.1. The number of para-hydroxylation sites is 1. The van der Waals surface area contributed by atoms with Gasteiger partial charge in [-0.3, -0.25) is 19.8 Å². The zero-order valence-electron chi connectivity index (χ0n) is 15.4. The molecular formula is C21H23N3O3. The first-order chi connectivity index (χ1) is 13.0. The first-order valence-electron chi connectivity index (χ1n) is 9.01. The first-order valence-corrected chi connectivity index (χ1v) is 9.01. The summed E-state index contributed by atoms with van der Waals surface area (Å²) >= 11 is 0. The smallest absolute Gasteiger partial charge is 0.280 e. The fourth-order valence-electron chi connectivity index (χ4n) is 3.13. The van der Waals surface area contributed by atoms with E-state index in [-0.39, 0.29) is 17.0 Å². The van der Waals surface area contributed by atoms with Crippen LogP contribution in [0.15, 0.2) is 60.8 Å². The van der Waals surface area contributed by atoms with Crippen molar-refractivity contribution < 1.29 is 9.72 Å². The van der Waals surface area contributed by atoms with Crippen molar-refractivity contribution >= 4 is 11.5 Å². The zero-order chi connectivity index (χ0) is 19.2. The van der Waals surface area contributed by atoms with Gasteiger partial charge in [0, 0.05) is 51.1 Å². The van der Waals surface area contributed by atoms with Crippen LogP contribution in [0.1, 0.15) is 21.5 Å². The van der Waals surface area contributed by atoms with Crippen LogP contribution in [0.5, 0.6) is 0 Å². The minimum Gasteiger partial charge on any atom is -0.375 e. The Kier molecular flexibility index (Phi) is 5.98. The summed E-state index contributed by atoms with van der Waals surface area (Å²) in [6.07, 6.45) is 3.18. The summed E-state index contributed by atoms with van der Waals surface area (Å²) < 4.78 is 0. The van der Waals surface area contributed by atoms with Crippen molar-refractivity contribution in [3.63, 3.8) is 0 Å². The van der Waals surface area contributed by atoms with Crippen LogP contribution in [0.4, 0.5) is 5.69 Å². The zero-order valence-corrected chi connectivity index (χ0v) is 15.4. The Hall–Kier alpha value is -2.99. The molecule has 2 aromatic carbocycles. The second kappa shape index (κ2) is 8.60. The van der Waals surface area contributed by atoms with Gasteiger partial charge in [0.15, 0.2) is 5.78 Å². The normalized spacial score (nSPS) is 15.2. The number of carbonyl (C=O) groups excluding carboxylic acids is 1. The minimum atomic E-state index is -0.523. The summed E-state index contributed by atoms with van der Waals surface area (Å²) in [6.45, 7) is 6.49. The van der Waals surface area contributed by atoms with Gasteiger partial charge in [-0.1, -0.05) is 42.0 Å². The van der Waals surface area contributed by atoms with E-state index in [1.807, 2.05) is 0 Å². The maximum absolute atomic E-state index is 12.3. The van der Waals surface area contributed by atoms with Crippen molar-refractivity contribution in [3.05, 3.63) is 87.6 Å². The summed E-state index contributed by atoms with van der Waals surface area (Å²) in [4.78, 5) is 27.3. The molecule has 0 aromatic heterocycles. The maximum Gasteiger partial charge on any atom is 0.280 e. The van der Waals surface area contributed by atoms with Crippen LogP contribution < -0.4 is 0 Å². The molecule has 1 aliphatic heterocycles. The topological polar surface area (TPSA) is 66.7 Å². The molecule has 0 N–H and O–H groups in total. The van der Waals surface area contributed by atoms with Crippen molar-refractivity contribution in [2.24, 2.45) is 0 Å². The van der Waals surface area contributed by atoms with E-state index in [4.69, 9.17) is 0 Å². The SMILES string of the molecule is Cc1ccc(CN2CCN(/C=C/C(=O)c3ccccc3[N+](=O)[O-])CC2)cc1. The first kappa shape index (κ1) is 18.8. The molecule has 3 rings (SSSR count). The molecule has 1 heterocycles. The van der Waals surface area contributed by atoms with Crippen molar-refractivity contribution in [2.75, 3.05) is 26.2 Å². The number of ketones is 1. The van der Waals surface area contributed by atoms with Gasteiger partial charge >= 0.3 is 0 Å². The van der Waals surface area contributed by atoms with E-state index in [2.05, 4.69) is 41.0 Å². The lowest BCUT2D eigenvalue weighted by Crippen LogP contribution is -2.43. The highest BCUT2D eigenvalue weighted by Crippen LogP contribution is 2.18. The van der Waals surface area contributed by atoms with Crippen LogP contribution in [0, 0.1) is 17.0 Å². The number of carbonyl (C=O) groups is 1. The van der Waals surface area contributed by atoms with Crippen LogP contribution in [0.25, 0.3) is 0 Å². The quantitative estimate of drug-likeness (QED) is 0.340. The molecule has 0 amide bonds. The van der Waals surface area contributed by atoms with Gasteiger partial charge in [0.05, 0.1) is 10.5 Å². The van der Waals surface area contributed by atoms with E-state index in [1.54, 1.807) is 18.3 Å². The Labute approximate surface area is 158 Å². The molecule has 0 atom stereocenters. The number of aryl methyl sites for hydroxylation is 1. The molecule has 2 aromatic rings. The summed E-state index contributed by atoms with van der Waals surface area (Å²) in [7, 11) is 0. The summed E-state index contributed by atoms with van der Waals surface area (Å²) in [5.41, 5.74) is 2.53. The molecule has 0 aliphatic carbocycles. The van der Waals surface area contributed by atoms with Crippen molar-refractivity contribution in [2.45, 2.75) is 13.5 Å². The Morgan fingerprint density at radius 3 is 2.41 bits per heavy atom. The number of nitrogens with zero attached hydrogens (tertiary/aromatic N) is 3. The highest BCUT2D eigenvalue weighted by molar-refractivity contribution is 6.07. The number of nitro benzene ring substituents is 1. The van der Waals surface area contributed by atoms with Gasteiger partial charge in [0.2, 0.25) is 0 Å². The molecule has 1 saturated heterocycles. The van der Waals surface area contributed by atoms with Crippen molar-refractivity contribution in [1.29, 1.82) is 0 Å². The van der Waals surface area contributed by atoms with E-state index in [1.165, 1.54) is 29.3 Å². The lowest BCUT2D eigenvalue weighted by molar-refractivity contribution is -0.385. The second-order valence-corrected chi connectivity index (χ2v) is 6.75. The van der Waals surface area contributed by atoms with Gasteiger partial charge in [-0.15, -0.1) is 0 Å². The molecule has 1 fully saturated rings. The maximum atomic E-state index is 12.3. The third-order valence-corrected chi connectivity index (χ3v) is 4.74. The molecule has 0 bridgehead atoms. The van der Waals surface area contributed by atoms with Gasteiger partial charge in [0.1, 0.15) is 0 Å². The van der Waals surface area contributed by atoms with Crippen LogP contribution in [-0.4, -0.2) is 46.7 Å². The van der Waals surface area contributed by atoms with E-state index in [0.29, 0.717) is 0 Å². The molecule has 0 unspecified atom stereocenters. The van der Waals surface area contributed by atoms with Crippen LogP contribution >= 0.6 is 0 Å². The van der Waals surface area contributed by atoms with Gasteiger partial charge in [-0.25, -0.2) is 0 Å². The Morgan fingerprint density at radius 1 is 1.07 bits per heavy atom. The number of hydrogen-bond acceptors (Lipinski definition) is 5. The van der Waals surface area contributed by atoms with E-state index in [9.17, 15) is 14.9 Å². The Bertz CT molecular complexity index is 838. The lowest BCUT2D eigenvalue weighted by Gasteiger charge is -2.34. The van der Waals surface area contributed by atoms with Gasteiger partial charge in [-0.05, 0) is 18.6 Å². The second-order valence-electron chi connectivity index (χ2n) is 6.75. The standard InChI is InChI=1S/C21H23N3O3/c1-17-6-8-18(9-7-17)16-23-14-12-22(13-15-23)11-10-21(25)19-4-2-3-5-20(19)24(26)27/h2-11H,12-16H2,1H3/b11-10+. The molecule has 27 heavy (non-hydrogen) atoms. The van der Waals surface area contributed by atoms with Gasteiger partial charge in [0.25, 0.3) is 5.69 Å². The average Bonchev–Trinajstić information content (AvgIpc) is 2.69. The third kappa shape index (κ3) is 5.01. The summed E-state index contributed by atoms with van der Waals surface area (Å²) in [6, 6.07) is 14.6. The fourth-order valence-corrected chi connectivity index (χ4v) is 3.13. The highest BCUT2D eigenvalue weighted by atomic mass is 16.6. The number of nitro groups is 1. The van der Waals surface area contributed by atoms with Crippen LogP contribution in [0.2, 0.25) is 0 Å². The van der Waals surface area contributed by atoms with Crippen LogP contribution in [0.3, 0.4) is 0 Å². The molecule has 140 valence electrons. The van der Waals surface area contributed by atoms with Crippen LogP contribution in [-0.2, 0) is 6.54 Å². The number of benzene rings is 2. The summed E-state index contributed by atoms with van der Waals surface area (Å²) in [5, 5.41) is 11.1. The molecule has 0 radical (unpaired) electrons. The largest absolute Gasteiger partial charge is 0.375 e. The predicted molar refractivity (Wildman–Crippen MR) is 105 cm³/mol. The van der Waals surface area contributed by atoms with E-state index in [0.717, 1.165) is 32.7 Å². The summed E-state index contributed by atoms with van der Waals surface area (Å²) in [5.74, 6) is -0.343. The average molecular weight is 365 g/mol. The van der Waals surface area contributed by atoms with E-state index < -0.39 is 4.92 Å². The number of piperazine rings is 1. The molecule has 0 spiro atoms. The van der Waals surface area contributed by atoms with Crippen molar-refractivity contribution in [3.8, 4) is 0 Å². The molecule has 6 nitrogen and oxygen atoms in total. The van der Waals surface area contributed by atoms with Gasteiger partial charge in [-0.2, -0.15) is 0 Å². The Morgan fingerprint density at radius 2 is 1.74 bits per heavy atom. The molecular weight excluding hydrogens is 342 g/mol. The number of allylic oxidation sites excluding steroid dienone is 1. The molecule has 1 aliphatic rings. The van der Waals surface area contributed by atoms with Gasteiger partial charge < -0.3 is 4.90 Å². The fraction of sp³-hybridized carbons (Fsp3) is 0.286. The monoisotopic (exact) mass is 365 g/mol. The third-order valence-electron chi connectivity index (χ3n) is 4.74. The number of hydrogen-bond donors (Lipinski definition) is 0. The Balaban J connectivity index is 1.53. The van der Waals surface area contributed by atoms with Crippen molar-refractivity contribution in [1.82, 2.24) is 9.80 Å². The predicted octanol–water partition coefficient (Wildman–Crippen LogP) is 3.42.